The normalized spacial score (nSPS) is 12.6. The summed E-state index contributed by atoms with van der Waals surface area (Å²) in [5.74, 6) is -0.921. The zero-order valence-corrected chi connectivity index (χ0v) is 10.2. The Bertz CT molecular complexity index is 341. The molecule has 1 atom stereocenters. The molecule has 0 amide bonds. The summed E-state index contributed by atoms with van der Waals surface area (Å²) in [5, 5.41) is 8.64. The van der Waals surface area contributed by atoms with Gasteiger partial charge in [0, 0.05) is 6.54 Å². The highest BCUT2D eigenvalue weighted by Gasteiger charge is 2.10. The van der Waals surface area contributed by atoms with Crippen molar-refractivity contribution in [3.8, 4) is 0 Å². The van der Waals surface area contributed by atoms with Crippen LogP contribution in [0.15, 0.2) is 30.3 Å². The first-order chi connectivity index (χ1) is 8.09. The summed E-state index contributed by atoms with van der Waals surface area (Å²) >= 11 is 0. The van der Waals surface area contributed by atoms with Gasteiger partial charge in [-0.05, 0) is 32.0 Å². The first kappa shape index (κ1) is 13.7. The Morgan fingerprint density at radius 2 is 2.06 bits per heavy atom. The minimum absolute atomic E-state index is 0.522. The molecule has 0 bridgehead atoms. The molecule has 0 aromatic heterocycles. The Balaban J connectivity index is 2.22. The highest BCUT2D eigenvalue weighted by molar-refractivity contribution is 5.72. The van der Waals surface area contributed by atoms with Gasteiger partial charge in [-0.25, -0.2) is 0 Å². The van der Waals surface area contributed by atoms with Crippen LogP contribution in [0.25, 0.3) is 0 Å². The zero-order chi connectivity index (χ0) is 12.7. The Morgan fingerprint density at radius 1 is 1.41 bits per heavy atom. The van der Waals surface area contributed by atoms with Gasteiger partial charge in [0.1, 0.15) is 6.04 Å². The molecule has 0 saturated carbocycles. The summed E-state index contributed by atoms with van der Waals surface area (Å²) in [5.41, 5.74) is 6.70. The first-order valence-corrected chi connectivity index (χ1v) is 5.80. The van der Waals surface area contributed by atoms with E-state index >= 15 is 0 Å². The molecule has 0 aliphatic rings. The maximum absolute atomic E-state index is 10.5. The molecule has 0 saturated heterocycles. The van der Waals surface area contributed by atoms with E-state index in [1.54, 1.807) is 0 Å². The molecule has 0 spiro atoms. The smallest absolute Gasteiger partial charge is 0.320 e. The second-order valence-corrected chi connectivity index (χ2v) is 4.31. The van der Waals surface area contributed by atoms with E-state index in [1.807, 2.05) is 25.2 Å². The fourth-order valence-corrected chi connectivity index (χ4v) is 1.68. The molecule has 3 N–H and O–H groups in total. The molecule has 4 nitrogen and oxygen atoms in total. The predicted octanol–water partition coefficient (Wildman–Crippen LogP) is 1.31. The summed E-state index contributed by atoms with van der Waals surface area (Å²) in [7, 11) is 2.03. The molecule has 17 heavy (non-hydrogen) atoms. The van der Waals surface area contributed by atoms with Crippen molar-refractivity contribution in [1.82, 2.24) is 4.90 Å². The van der Waals surface area contributed by atoms with Crippen LogP contribution in [0, 0.1) is 0 Å². The van der Waals surface area contributed by atoms with Gasteiger partial charge in [-0.15, -0.1) is 0 Å². The Kier molecular flexibility index (Phi) is 5.66. The number of nitrogens with two attached hydrogens (primary N) is 1. The van der Waals surface area contributed by atoms with E-state index in [2.05, 4.69) is 17.0 Å². The molecule has 0 aliphatic heterocycles. The Labute approximate surface area is 102 Å². The summed E-state index contributed by atoms with van der Waals surface area (Å²) in [6.45, 7) is 1.74. The maximum atomic E-state index is 10.5. The van der Waals surface area contributed by atoms with Crippen LogP contribution in [0.2, 0.25) is 0 Å². The minimum Gasteiger partial charge on any atom is -0.480 e. The topological polar surface area (TPSA) is 66.6 Å². The van der Waals surface area contributed by atoms with Crippen molar-refractivity contribution in [2.24, 2.45) is 5.73 Å². The predicted molar refractivity (Wildman–Crippen MR) is 67.6 cm³/mol. The maximum Gasteiger partial charge on any atom is 0.320 e. The standard InChI is InChI=1S/C13H20N2O2/c1-15(9-5-8-12(14)13(16)17)10-11-6-3-2-4-7-11/h2-4,6-7,12H,5,8-10,14H2,1H3,(H,16,17)/t12-/m1/s1. The zero-order valence-electron chi connectivity index (χ0n) is 10.2. The summed E-state index contributed by atoms with van der Waals surface area (Å²) < 4.78 is 0. The Hall–Kier alpha value is -1.39. The van der Waals surface area contributed by atoms with E-state index in [0.717, 1.165) is 19.5 Å². The van der Waals surface area contributed by atoms with E-state index in [-0.39, 0.29) is 0 Å². The van der Waals surface area contributed by atoms with E-state index in [0.29, 0.717) is 6.42 Å². The molecular formula is C13H20N2O2. The molecule has 0 aliphatic carbocycles. The molecular weight excluding hydrogens is 216 g/mol. The van der Waals surface area contributed by atoms with Crippen LogP contribution in [-0.2, 0) is 11.3 Å². The number of aliphatic carboxylic acids is 1. The third kappa shape index (κ3) is 5.47. The highest BCUT2D eigenvalue weighted by atomic mass is 16.4. The molecule has 4 heteroatoms. The lowest BCUT2D eigenvalue weighted by atomic mass is 10.1. The molecule has 94 valence electrons. The summed E-state index contributed by atoms with van der Waals surface area (Å²) in [4.78, 5) is 12.7. The first-order valence-electron chi connectivity index (χ1n) is 5.80. The number of nitrogens with zero attached hydrogens (tertiary/aromatic N) is 1. The lowest BCUT2D eigenvalue weighted by Gasteiger charge is -2.17. The van der Waals surface area contributed by atoms with Crippen LogP contribution in [-0.4, -0.2) is 35.6 Å². The largest absolute Gasteiger partial charge is 0.480 e. The van der Waals surface area contributed by atoms with Crippen LogP contribution in [0.1, 0.15) is 18.4 Å². The monoisotopic (exact) mass is 236 g/mol. The van der Waals surface area contributed by atoms with E-state index < -0.39 is 12.0 Å². The number of carboxylic acid groups (broad SMARTS) is 1. The van der Waals surface area contributed by atoms with Crippen LogP contribution in [0.4, 0.5) is 0 Å². The van der Waals surface area contributed by atoms with Crippen molar-refractivity contribution >= 4 is 5.97 Å². The molecule has 1 aromatic carbocycles. The number of carbonyl (C=O) groups is 1. The summed E-state index contributed by atoms with van der Waals surface area (Å²) in [6.07, 6.45) is 1.32. The van der Waals surface area contributed by atoms with Crippen molar-refractivity contribution in [1.29, 1.82) is 0 Å². The molecule has 0 heterocycles. The quantitative estimate of drug-likeness (QED) is 0.749. The van der Waals surface area contributed by atoms with Crippen molar-refractivity contribution < 1.29 is 9.90 Å². The van der Waals surface area contributed by atoms with Gasteiger partial charge in [-0.2, -0.15) is 0 Å². The van der Waals surface area contributed by atoms with Crippen LogP contribution >= 0.6 is 0 Å². The van der Waals surface area contributed by atoms with Crippen molar-refractivity contribution in [3.05, 3.63) is 35.9 Å². The average molecular weight is 236 g/mol. The molecule has 1 rings (SSSR count). The van der Waals surface area contributed by atoms with Gasteiger partial charge in [0.15, 0.2) is 0 Å². The van der Waals surface area contributed by atoms with Crippen molar-refractivity contribution in [2.75, 3.05) is 13.6 Å². The van der Waals surface area contributed by atoms with E-state index in [4.69, 9.17) is 10.8 Å². The fourth-order valence-electron chi connectivity index (χ4n) is 1.68. The highest BCUT2D eigenvalue weighted by Crippen LogP contribution is 2.04. The van der Waals surface area contributed by atoms with Gasteiger partial charge in [0.25, 0.3) is 0 Å². The molecule has 0 unspecified atom stereocenters. The van der Waals surface area contributed by atoms with Gasteiger partial charge >= 0.3 is 5.97 Å². The number of hydrogen-bond acceptors (Lipinski definition) is 3. The van der Waals surface area contributed by atoms with Gasteiger partial charge in [-0.3, -0.25) is 4.79 Å². The Morgan fingerprint density at radius 3 is 2.65 bits per heavy atom. The van der Waals surface area contributed by atoms with Crippen LogP contribution in [0.3, 0.4) is 0 Å². The van der Waals surface area contributed by atoms with Crippen molar-refractivity contribution in [2.45, 2.75) is 25.4 Å². The van der Waals surface area contributed by atoms with Crippen molar-refractivity contribution in [3.63, 3.8) is 0 Å². The second-order valence-electron chi connectivity index (χ2n) is 4.31. The lowest BCUT2D eigenvalue weighted by Crippen LogP contribution is -2.31. The SMILES string of the molecule is CN(CCC[C@@H](N)C(=O)O)Cc1ccccc1. The number of benzene rings is 1. The lowest BCUT2D eigenvalue weighted by molar-refractivity contribution is -0.138. The number of carboxylic acids is 1. The third-order valence-corrected chi connectivity index (χ3v) is 2.67. The van der Waals surface area contributed by atoms with Crippen LogP contribution in [0.5, 0.6) is 0 Å². The molecule has 0 radical (unpaired) electrons. The minimum atomic E-state index is -0.921. The van der Waals surface area contributed by atoms with E-state index in [1.165, 1.54) is 5.56 Å². The van der Waals surface area contributed by atoms with Gasteiger partial charge < -0.3 is 15.7 Å². The number of rotatable bonds is 7. The average Bonchev–Trinajstić information content (AvgIpc) is 2.30. The second kappa shape index (κ2) is 7.04. The van der Waals surface area contributed by atoms with Crippen LogP contribution < -0.4 is 5.73 Å². The summed E-state index contributed by atoms with van der Waals surface area (Å²) in [6, 6.07) is 9.46. The van der Waals surface area contributed by atoms with Gasteiger partial charge in [0.05, 0.1) is 0 Å². The van der Waals surface area contributed by atoms with Gasteiger partial charge in [0.2, 0.25) is 0 Å². The fraction of sp³-hybridized carbons (Fsp3) is 0.462. The third-order valence-electron chi connectivity index (χ3n) is 2.67. The van der Waals surface area contributed by atoms with E-state index in [9.17, 15) is 4.79 Å². The molecule has 0 fully saturated rings. The number of hydrogen-bond donors (Lipinski definition) is 2. The van der Waals surface area contributed by atoms with Gasteiger partial charge in [-0.1, -0.05) is 30.3 Å². The molecule has 1 aromatic rings.